The lowest BCUT2D eigenvalue weighted by Crippen LogP contribution is -2.33. The van der Waals surface area contributed by atoms with Gasteiger partial charge < -0.3 is 15.6 Å². The Morgan fingerprint density at radius 1 is 1.50 bits per heavy atom. The van der Waals surface area contributed by atoms with Crippen LogP contribution in [0.4, 0.5) is 0 Å². The van der Waals surface area contributed by atoms with Crippen molar-refractivity contribution in [3.05, 3.63) is 21.9 Å². The molecular formula is C12H17Cl2N3O. The molecule has 2 rings (SSSR count). The Hall–Kier alpha value is -0.710. The lowest BCUT2D eigenvalue weighted by atomic mass is 9.96. The van der Waals surface area contributed by atoms with E-state index < -0.39 is 0 Å². The monoisotopic (exact) mass is 289 g/mol. The van der Waals surface area contributed by atoms with Gasteiger partial charge in [-0.2, -0.15) is 0 Å². The van der Waals surface area contributed by atoms with Gasteiger partial charge in [0, 0.05) is 6.54 Å². The molecule has 1 atom stereocenters. The van der Waals surface area contributed by atoms with Gasteiger partial charge in [-0.05, 0) is 44.3 Å². The molecule has 1 aromatic heterocycles. The molecule has 0 bridgehead atoms. The third-order valence-corrected chi connectivity index (χ3v) is 3.90. The van der Waals surface area contributed by atoms with Gasteiger partial charge in [-0.15, -0.1) is 0 Å². The minimum Gasteiger partial charge on any atom is -0.351 e. The normalized spacial score (nSPS) is 19.8. The van der Waals surface area contributed by atoms with Gasteiger partial charge in [0.2, 0.25) is 0 Å². The van der Waals surface area contributed by atoms with Gasteiger partial charge in [-0.3, -0.25) is 4.79 Å². The Kier molecular flexibility index (Phi) is 4.92. The number of H-pyrrole nitrogens is 1. The third-order valence-electron chi connectivity index (χ3n) is 3.21. The van der Waals surface area contributed by atoms with E-state index in [4.69, 9.17) is 23.2 Å². The van der Waals surface area contributed by atoms with Gasteiger partial charge in [-0.1, -0.05) is 23.2 Å². The molecule has 1 aliphatic rings. The molecule has 18 heavy (non-hydrogen) atoms. The molecule has 0 aliphatic carbocycles. The number of piperidine rings is 1. The van der Waals surface area contributed by atoms with E-state index in [1.807, 2.05) is 0 Å². The van der Waals surface area contributed by atoms with Crippen molar-refractivity contribution in [1.29, 1.82) is 0 Å². The van der Waals surface area contributed by atoms with E-state index in [-0.39, 0.29) is 5.91 Å². The number of rotatable bonds is 4. The second-order valence-corrected chi connectivity index (χ2v) is 5.39. The van der Waals surface area contributed by atoms with Gasteiger partial charge in [-0.25, -0.2) is 0 Å². The molecule has 2 heterocycles. The van der Waals surface area contributed by atoms with Crippen LogP contribution in [0.15, 0.2) is 6.07 Å². The molecule has 0 unspecified atom stereocenters. The van der Waals surface area contributed by atoms with Crippen molar-refractivity contribution in [2.75, 3.05) is 19.6 Å². The van der Waals surface area contributed by atoms with Crippen molar-refractivity contribution in [3.8, 4) is 0 Å². The Balaban J connectivity index is 1.74. The summed E-state index contributed by atoms with van der Waals surface area (Å²) in [7, 11) is 0. The first-order valence-electron chi connectivity index (χ1n) is 6.19. The zero-order valence-electron chi connectivity index (χ0n) is 10.1. The zero-order valence-corrected chi connectivity index (χ0v) is 11.6. The van der Waals surface area contributed by atoms with Crippen molar-refractivity contribution in [2.45, 2.75) is 19.3 Å². The summed E-state index contributed by atoms with van der Waals surface area (Å²) in [6, 6.07) is 1.54. The average Bonchev–Trinajstić information content (AvgIpc) is 2.71. The second kappa shape index (κ2) is 6.45. The summed E-state index contributed by atoms with van der Waals surface area (Å²) in [5.41, 5.74) is 0.409. The maximum absolute atomic E-state index is 11.8. The number of aromatic amines is 1. The van der Waals surface area contributed by atoms with Gasteiger partial charge in [0.05, 0.1) is 5.02 Å². The molecule has 1 amide bonds. The summed E-state index contributed by atoms with van der Waals surface area (Å²) < 4.78 is 0. The molecule has 4 nitrogen and oxygen atoms in total. The minimum atomic E-state index is -0.160. The lowest BCUT2D eigenvalue weighted by molar-refractivity contribution is 0.0946. The number of hydrogen-bond acceptors (Lipinski definition) is 2. The van der Waals surface area contributed by atoms with Crippen LogP contribution in [-0.2, 0) is 0 Å². The first-order valence-corrected chi connectivity index (χ1v) is 6.95. The fraction of sp³-hybridized carbons (Fsp3) is 0.583. The van der Waals surface area contributed by atoms with Crippen molar-refractivity contribution in [3.63, 3.8) is 0 Å². The van der Waals surface area contributed by atoms with Crippen molar-refractivity contribution < 1.29 is 4.79 Å². The van der Waals surface area contributed by atoms with Crippen molar-refractivity contribution in [1.82, 2.24) is 15.6 Å². The Bertz CT molecular complexity index is 394. The Morgan fingerprint density at radius 2 is 2.33 bits per heavy atom. The summed E-state index contributed by atoms with van der Waals surface area (Å²) in [4.78, 5) is 14.5. The molecule has 3 N–H and O–H groups in total. The van der Waals surface area contributed by atoms with E-state index in [1.165, 1.54) is 12.8 Å². The Labute approximate surface area is 116 Å². The van der Waals surface area contributed by atoms with Crippen LogP contribution >= 0.6 is 23.2 Å². The van der Waals surface area contributed by atoms with Crippen LogP contribution in [0.2, 0.25) is 10.2 Å². The average molecular weight is 290 g/mol. The summed E-state index contributed by atoms with van der Waals surface area (Å²) >= 11 is 11.5. The maximum atomic E-state index is 11.8. The van der Waals surface area contributed by atoms with Crippen LogP contribution in [0.25, 0.3) is 0 Å². The van der Waals surface area contributed by atoms with E-state index in [0.29, 0.717) is 28.3 Å². The van der Waals surface area contributed by atoms with E-state index in [0.717, 1.165) is 19.5 Å². The van der Waals surface area contributed by atoms with Crippen LogP contribution in [-0.4, -0.2) is 30.5 Å². The molecule has 1 aliphatic heterocycles. The molecule has 1 aromatic rings. The highest BCUT2D eigenvalue weighted by Gasteiger charge is 2.14. The maximum Gasteiger partial charge on any atom is 0.267 e. The standard InChI is InChI=1S/C12H17Cl2N3O/c13-9-6-10(17-11(9)14)12(18)16-5-3-8-2-1-4-15-7-8/h6,8,15,17H,1-5,7H2,(H,16,18)/t8-/m0/s1. The first kappa shape index (κ1) is 13.7. The highest BCUT2D eigenvalue weighted by Crippen LogP contribution is 2.21. The highest BCUT2D eigenvalue weighted by atomic mass is 35.5. The molecule has 100 valence electrons. The lowest BCUT2D eigenvalue weighted by Gasteiger charge is -2.22. The topological polar surface area (TPSA) is 56.9 Å². The minimum absolute atomic E-state index is 0.160. The van der Waals surface area contributed by atoms with Gasteiger partial charge in [0.15, 0.2) is 0 Å². The van der Waals surface area contributed by atoms with Gasteiger partial charge >= 0.3 is 0 Å². The molecule has 6 heteroatoms. The fourth-order valence-corrected chi connectivity index (χ4v) is 2.49. The van der Waals surface area contributed by atoms with Crippen LogP contribution < -0.4 is 10.6 Å². The fourth-order valence-electron chi connectivity index (χ4n) is 2.18. The number of carbonyl (C=O) groups excluding carboxylic acids is 1. The smallest absolute Gasteiger partial charge is 0.267 e. The summed E-state index contributed by atoms with van der Waals surface area (Å²) in [6.45, 7) is 2.85. The highest BCUT2D eigenvalue weighted by molar-refractivity contribution is 6.41. The summed E-state index contributed by atoms with van der Waals surface area (Å²) in [6.07, 6.45) is 3.46. The number of aromatic nitrogens is 1. The molecule has 0 saturated carbocycles. The number of amides is 1. The molecule has 0 radical (unpaired) electrons. The van der Waals surface area contributed by atoms with Crippen LogP contribution in [0, 0.1) is 5.92 Å². The Morgan fingerprint density at radius 3 is 2.94 bits per heavy atom. The molecular weight excluding hydrogens is 273 g/mol. The summed E-state index contributed by atoms with van der Waals surface area (Å²) in [5.74, 6) is 0.502. The second-order valence-electron chi connectivity index (χ2n) is 4.60. The quantitative estimate of drug-likeness (QED) is 0.797. The SMILES string of the molecule is O=C(NCC[C@@H]1CCCNC1)c1cc(Cl)c(Cl)[nH]1. The van der Waals surface area contributed by atoms with Crippen molar-refractivity contribution >= 4 is 29.1 Å². The first-order chi connectivity index (χ1) is 8.66. The molecule has 0 aromatic carbocycles. The largest absolute Gasteiger partial charge is 0.351 e. The predicted octanol–water partition coefficient (Wildman–Crippen LogP) is 2.44. The third kappa shape index (κ3) is 3.64. The van der Waals surface area contributed by atoms with Crippen molar-refractivity contribution in [2.24, 2.45) is 5.92 Å². The number of carbonyl (C=O) groups is 1. The molecule has 0 spiro atoms. The zero-order chi connectivity index (χ0) is 13.0. The van der Waals surface area contributed by atoms with E-state index in [9.17, 15) is 4.79 Å². The number of halogens is 2. The predicted molar refractivity (Wildman–Crippen MR) is 73.4 cm³/mol. The van der Waals surface area contributed by atoms with Crippen LogP contribution in [0.1, 0.15) is 29.8 Å². The van der Waals surface area contributed by atoms with Gasteiger partial charge in [0.25, 0.3) is 5.91 Å². The van der Waals surface area contributed by atoms with E-state index in [2.05, 4.69) is 15.6 Å². The number of nitrogens with one attached hydrogen (secondary N) is 3. The molecule has 1 saturated heterocycles. The van der Waals surface area contributed by atoms with Crippen LogP contribution in [0.5, 0.6) is 0 Å². The molecule has 1 fully saturated rings. The summed E-state index contributed by atoms with van der Waals surface area (Å²) in [5, 5.41) is 6.91. The van der Waals surface area contributed by atoms with Gasteiger partial charge in [0.1, 0.15) is 10.8 Å². The van der Waals surface area contributed by atoms with E-state index >= 15 is 0 Å². The number of hydrogen-bond donors (Lipinski definition) is 3. The van der Waals surface area contributed by atoms with Crippen LogP contribution in [0.3, 0.4) is 0 Å². The van der Waals surface area contributed by atoms with E-state index in [1.54, 1.807) is 6.07 Å².